The van der Waals surface area contributed by atoms with Crippen LogP contribution in [-0.2, 0) is 13.0 Å². The molecule has 0 radical (unpaired) electrons. The van der Waals surface area contributed by atoms with Gasteiger partial charge in [-0.3, -0.25) is 9.89 Å². The van der Waals surface area contributed by atoms with Crippen LogP contribution in [0, 0.1) is 0 Å². The molecule has 1 saturated carbocycles. The summed E-state index contributed by atoms with van der Waals surface area (Å²) in [5.74, 6) is 0.957. The lowest BCUT2D eigenvalue weighted by Crippen LogP contribution is -2.48. The molecular formula is C18H28N4. The molecule has 1 aliphatic heterocycles. The van der Waals surface area contributed by atoms with Crippen LogP contribution in [0.25, 0.3) is 0 Å². The fourth-order valence-corrected chi connectivity index (χ4v) is 3.19. The van der Waals surface area contributed by atoms with Crippen LogP contribution in [-0.4, -0.2) is 43.1 Å². The Labute approximate surface area is 134 Å². The van der Waals surface area contributed by atoms with Crippen LogP contribution in [0.2, 0.25) is 0 Å². The van der Waals surface area contributed by atoms with Crippen molar-refractivity contribution in [1.29, 1.82) is 0 Å². The Bertz CT molecular complexity index is 522. The van der Waals surface area contributed by atoms with Crippen molar-refractivity contribution in [3.05, 3.63) is 35.4 Å². The maximum Gasteiger partial charge on any atom is 0.191 e. The van der Waals surface area contributed by atoms with Crippen molar-refractivity contribution < 1.29 is 0 Å². The monoisotopic (exact) mass is 300 g/mol. The third kappa shape index (κ3) is 3.80. The number of hydrogen-bond acceptors (Lipinski definition) is 2. The highest BCUT2D eigenvalue weighted by Crippen LogP contribution is 2.21. The molecule has 1 aromatic carbocycles. The standard InChI is InChI=1S/C18H28N4/c1-3-17(12-20-18(19-2)21-16-8-9-16)22-11-10-14-6-4-5-7-15(14)13-22/h4-7,16-17H,3,8-13H2,1-2H3,(H2,19,20,21). The molecule has 0 bridgehead atoms. The topological polar surface area (TPSA) is 39.7 Å². The van der Waals surface area contributed by atoms with Gasteiger partial charge in [0.05, 0.1) is 0 Å². The summed E-state index contributed by atoms with van der Waals surface area (Å²) < 4.78 is 0. The van der Waals surface area contributed by atoms with E-state index in [1.807, 2.05) is 7.05 Å². The van der Waals surface area contributed by atoms with Crippen molar-refractivity contribution >= 4 is 5.96 Å². The quantitative estimate of drug-likeness (QED) is 0.646. The van der Waals surface area contributed by atoms with Crippen molar-refractivity contribution in [3.8, 4) is 0 Å². The zero-order valence-electron chi connectivity index (χ0n) is 13.8. The van der Waals surface area contributed by atoms with Crippen molar-refractivity contribution in [3.63, 3.8) is 0 Å². The number of benzene rings is 1. The molecular weight excluding hydrogens is 272 g/mol. The van der Waals surface area contributed by atoms with Gasteiger partial charge in [-0.25, -0.2) is 0 Å². The second kappa shape index (κ2) is 7.14. The molecule has 1 unspecified atom stereocenters. The van der Waals surface area contributed by atoms with E-state index >= 15 is 0 Å². The highest BCUT2D eigenvalue weighted by Gasteiger charge is 2.24. The zero-order chi connectivity index (χ0) is 15.4. The molecule has 22 heavy (non-hydrogen) atoms. The molecule has 0 aromatic heterocycles. The van der Waals surface area contributed by atoms with Gasteiger partial charge < -0.3 is 10.6 Å². The highest BCUT2D eigenvalue weighted by molar-refractivity contribution is 5.80. The van der Waals surface area contributed by atoms with E-state index in [4.69, 9.17) is 0 Å². The largest absolute Gasteiger partial charge is 0.355 e. The smallest absolute Gasteiger partial charge is 0.191 e. The van der Waals surface area contributed by atoms with Crippen molar-refractivity contribution in [2.75, 3.05) is 20.1 Å². The summed E-state index contributed by atoms with van der Waals surface area (Å²) in [7, 11) is 1.86. The van der Waals surface area contributed by atoms with Gasteiger partial charge in [-0.2, -0.15) is 0 Å². The Morgan fingerprint density at radius 3 is 2.77 bits per heavy atom. The van der Waals surface area contributed by atoms with Gasteiger partial charge in [-0.15, -0.1) is 0 Å². The minimum Gasteiger partial charge on any atom is -0.355 e. The average Bonchev–Trinajstić information content (AvgIpc) is 3.38. The van der Waals surface area contributed by atoms with Crippen LogP contribution in [0.15, 0.2) is 29.3 Å². The van der Waals surface area contributed by atoms with Crippen LogP contribution < -0.4 is 10.6 Å². The third-order valence-electron chi connectivity index (χ3n) is 4.79. The maximum atomic E-state index is 4.33. The fourth-order valence-electron chi connectivity index (χ4n) is 3.19. The van der Waals surface area contributed by atoms with Gasteiger partial charge in [-0.1, -0.05) is 31.2 Å². The van der Waals surface area contributed by atoms with E-state index in [0.717, 1.165) is 32.0 Å². The van der Waals surface area contributed by atoms with Crippen LogP contribution in [0.5, 0.6) is 0 Å². The van der Waals surface area contributed by atoms with E-state index in [1.165, 1.54) is 30.4 Å². The van der Waals surface area contributed by atoms with Gasteiger partial charge in [0.25, 0.3) is 0 Å². The summed E-state index contributed by atoms with van der Waals surface area (Å²) in [4.78, 5) is 6.94. The van der Waals surface area contributed by atoms with Gasteiger partial charge in [0, 0.05) is 38.8 Å². The molecule has 1 atom stereocenters. The molecule has 4 heteroatoms. The van der Waals surface area contributed by atoms with E-state index in [-0.39, 0.29) is 0 Å². The van der Waals surface area contributed by atoms with Crippen LogP contribution in [0.1, 0.15) is 37.3 Å². The number of hydrogen-bond donors (Lipinski definition) is 2. The van der Waals surface area contributed by atoms with Crippen LogP contribution >= 0.6 is 0 Å². The molecule has 2 aliphatic rings. The Balaban J connectivity index is 1.55. The van der Waals surface area contributed by atoms with E-state index in [9.17, 15) is 0 Å². The highest BCUT2D eigenvalue weighted by atomic mass is 15.2. The fraction of sp³-hybridized carbons (Fsp3) is 0.611. The molecule has 1 heterocycles. The lowest BCUT2D eigenvalue weighted by molar-refractivity contribution is 0.174. The number of rotatable bonds is 5. The number of guanidine groups is 1. The summed E-state index contributed by atoms with van der Waals surface area (Å²) in [5.41, 5.74) is 3.01. The first-order chi connectivity index (χ1) is 10.8. The normalized spacial score (nSPS) is 20.4. The summed E-state index contributed by atoms with van der Waals surface area (Å²) in [6.07, 6.45) is 4.89. The molecule has 0 saturated heterocycles. The molecule has 1 fully saturated rings. The predicted molar refractivity (Wildman–Crippen MR) is 92.2 cm³/mol. The van der Waals surface area contributed by atoms with Gasteiger partial charge in [-0.05, 0) is 36.8 Å². The molecule has 3 rings (SSSR count). The van der Waals surface area contributed by atoms with E-state index in [2.05, 4.69) is 51.7 Å². The van der Waals surface area contributed by atoms with Crippen molar-refractivity contribution in [1.82, 2.24) is 15.5 Å². The molecule has 0 amide bonds. The Morgan fingerprint density at radius 2 is 2.09 bits per heavy atom. The summed E-state index contributed by atoms with van der Waals surface area (Å²) in [6, 6.07) is 10.1. The minimum absolute atomic E-state index is 0.561. The maximum absolute atomic E-state index is 4.33. The minimum atomic E-state index is 0.561. The number of aliphatic imine (C=N–C) groups is 1. The van der Waals surface area contributed by atoms with Gasteiger partial charge in [0.1, 0.15) is 0 Å². The second-order valence-corrected chi connectivity index (χ2v) is 6.42. The number of nitrogens with zero attached hydrogens (tertiary/aromatic N) is 2. The van der Waals surface area contributed by atoms with Crippen LogP contribution in [0.3, 0.4) is 0 Å². The lowest BCUT2D eigenvalue weighted by atomic mass is 9.98. The summed E-state index contributed by atoms with van der Waals surface area (Å²) >= 11 is 0. The zero-order valence-corrected chi connectivity index (χ0v) is 13.8. The third-order valence-corrected chi connectivity index (χ3v) is 4.79. The van der Waals surface area contributed by atoms with Gasteiger partial charge in [0.15, 0.2) is 5.96 Å². The SMILES string of the molecule is CCC(CNC(=NC)NC1CC1)N1CCc2ccccc2C1. The average molecular weight is 300 g/mol. The van der Waals surface area contributed by atoms with Gasteiger partial charge >= 0.3 is 0 Å². The van der Waals surface area contributed by atoms with E-state index in [1.54, 1.807) is 0 Å². The molecule has 120 valence electrons. The molecule has 2 N–H and O–H groups in total. The number of nitrogens with one attached hydrogen (secondary N) is 2. The molecule has 4 nitrogen and oxygen atoms in total. The Kier molecular flexibility index (Phi) is 4.98. The van der Waals surface area contributed by atoms with Crippen LogP contribution in [0.4, 0.5) is 0 Å². The first-order valence-electron chi connectivity index (χ1n) is 8.58. The van der Waals surface area contributed by atoms with Crippen molar-refractivity contribution in [2.45, 2.75) is 51.2 Å². The summed E-state index contributed by atoms with van der Waals surface area (Å²) in [5, 5.41) is 6.97. The molecule has 1 aromatic rings. The van der Waals surface area contributed by atoms with Crippen molar-refractivity contribution in [2.24, 2.45) is 4.99 Å². The lowest BCUT2D eigenvalue weighted by Gasteiger charge is -2.35. The predicted octanol–water partition coefficient (Wildman–Crippen LogP) is 2.15. The Hall–Kier alpha value is -1.55. The van der Waals surface area contributed by atoms with E-state index in [0.29, 0.717) is 12.1 Å². The second-order valence-electron chi connectivity index (χ2n) is 6.42. The summed E-state index contributed by atoms with van der Waals surface area (Å²) in [6.45, 7) is 5.48. The first kappa shape index (κ1) is 15.3. The molecule has 0 spiro atoms. The Morgan fingerprint density at radius 1 is 1.32 bits per heavy atom. The van der Waals surface area contributed by atoms with Gasteiger partial charge in [0.2, 0.25) is 0 Å². The van der Waals surface area contributed by atoms with E-state index < -0.39 is 0 Å². The molecule has 1 aliphatic carbocycles. The number of fused-ring (bicyclic) bond motifs is 1. The first-order valence-corrected chi connectivity index (χ1v) is 8.58.